The second-order valence-corrected chi connectivity index (χ2v) is 5.24. The van der Waals surface area contributed by atoms with Gasteiger partial charge in [0.2, 0.25) is 0 Å². The Kier molecular flexibility index (Phi) is 3.25. The van der Waals surface area contributed by atoms with Gasteiger partial charge in [0.05, 0.1) is 17.3 Å². The summed E-state index contributed by atoms with van der Waals surface area (Å²) in [7, 11) is 0. The van der Waals surface area contributed by atoms with Gasteiger partial charge < -0.3 is 16.2 Å². The van der Waals surface area contributed by atoms with E-state index in [0.29, 0.717) is 11.6 Å². The Hall–Kier alpha value is -1.81. The summed E-state index contributed by atoms with van der Waals surface area (Å²) >= 11 is 0. The van der Waals surface area contributed by atoms with Crippen LogP contribution in [0.25, 0.3) is 10.9 Å². The Morgan fingerprint density at radius 1 is 1.32 bits per heavy atom. The molecule has 0 spiro atoms. The molecule has 0 amide bonds. The van der Waals surface area contributed by atoms with Crippen LogP contribution in [-0.4, -0.2) is 22.7 Å². The Morgan fingerprint density at radius 2 is 2.21 bits per heavy atom. The molecule has 3 rings (SSSR count). The van der Waals surface area contributed by atoms with Crippen LogP contribution in [0.4, 0.5) is 11.4 Å². The molecule has 1 saturated carbocycles. The highest BCUT2D eigenvalue weighted by molar-refractivity contribution is 5.97. The lowest BCUT2D eigenvalue weighted by Crippen LogP contribution is -2.22. The van der Waals surface area contributed by atoms with Gasteiger partial charge in [-0.05, 0) is 25.0 Å². The average Bonchev–Trinajstić information content (AvgIpc) is 2.82. The van der Waals surface area contributed by atoms with Crippen molar-refractivity contribution >= 4 is 22.3 Å². The number of benzene rings is 1. The fourth-order valence-corrected chi connectivity index (χ4v) is 2.85. The van der Waals surface area contributed by atoms with E-state index in [9.17, 15) is 5.11 Å². The number of nitrogens with two attached hydrogens (primary N) is 1. The monoisotopic (exact) mass is 257 g/mol. The van der Waals surface area contributed by atoms with Gasteiger partial charge in [-0.25, -0.2) is 0 Å². The largest absolute Gasteiger partial charge is 0.397 e. The van der Waals surface area contributed by atoms with E-state index in [1.165, 1.54) is 0 Å². The highest BCUT2D eigenvalue weighted by Crippen LogP contribution is 2.28. The van der Waals surface area contributed by atoms with Gasteiger partial charge in [0, 0.05) is 29.7 Å². The number of nitrogen functional groups attached to an aromatic ring is 1. The molecule has 2 unspecified atom stereocenters. The Bertz CT molecular complexity index is 585. The fraction of sp³-hybridized carbons (Fsp3) is 0.400. The molecule has 4 heteroatoms. The van der Waals surface area contributed by atoms with Gasteiger partial charge in [-0.2, -0.15) is 0 Å². The van der Waals surface area contributed by atoms with Gasteiger partial charge in [-0.3, -0.25) is 4.98 Å². The van der Waals surface area contributed by atoms with E-state index in [2.05, 4.69) is 10.3 Å². The van der Waals surface area contributed by atoms with Gasteiger partial charge >= 0.3 is 0 Å². The molecule has 0 bridgehead atoms. The van der Waals surface area contributed by atoms with Crippen molar-refractivity contribution < 1.29 is 5.11 Å². The van der Waals surface area contributed by atoms with Crippen LogP contribution in [0.3, 0.4) is 0 Å². The SMILES string of the molecule is Nc1cccc2c(NCC3CCCC3O)ccnc12. The van der Waals surface area contributed by atoms with Crippen LogP contribution >= 0.6 is 0 Å². The molecule has 1 heterocycles. The topological polar surface area (TPSA) is 71.2 Å². The molecule has 4 nitrogen and oxygen atoms in total. The van der Waals surface area contributed by atoms with E-state index in [1.807, 2.05) is 24.3 Å². The Labute approximate surface area is 112 Å². The predicted molar refractivity (Wildman–Crippen MR) is 78.0 cm³/mol. The minimum absolute atomic E-state index is 0.161. The maximum Gasteiger partial charge on any atom is 0.0951 e. The van der Waals surface area contributed by atoms with Gasteiger partial charge in [0.15, 0.2) is 0 Å². The van der Waals surface area contributed by atoms with Gasteiger partial charge in [-0.15, -0.1) is 0 Å². The summed E-state index contributed by atoms with van der Waals surface area (Å²) < 4.78 is 0. The zero-order valence-electron chi connectivity index (χ0n) is 10.8. The summed E-state index contributed by atoms with van der Waals surface area (Å²) in [5.74, 6) is 0.351. The third kappa shape index (κ3) is 2.36. The first kappa shape index (κ1) is 12.2. The van der Waals surface area contributed by atoms with Crippen molar-refractivity contribution in [3.05, 3.63) is 30.5 Å². The van der Waals surface area contributed by atoms with Crippen molar-refractivity contribution in [2.45, 2.75) is 25.4 Å². The van der Waals surface area contributed by atoms with Gasteiger partial charge in [0.1, 0.15) is 0 Å². The fourth-order valence-electron chi connectivity index (χ4n) is 2.85. The van der Waals surface area contributed by atoms with Gasteiger partial charge in [0.25, 0.3) is 0 Å². The second kappa shape index (κ2) is 5.05. The summed E-state index contributed by atoms with van der Waals surface area (Å²) in [6.07, 6.45) is 4.75. The van der Waals surface area contributed by atoms with Crippen LogP contribution in [0.2, 0.25) is 0 Å². The first-order valence-electron chi connectivity index (χ1n) is 6.81. The van der Waals surface area contributed by atoms with Gasteiger partial charge in [-0.1, -0.05) is 18.6 Å². The number of hydrogen-bond donors (Lipinski definition) is 3. The summed E-state index contributed by atoms with van der Waals surface area (Å²) in [4.78, 5) is 4.32. The van der Waals surface area contributed by atoms with Crippen LogP contribution in [0, 0.1) is 5.92 Å². The number of nitrogens with zero attached hydrogens (tertiary/aromatic N) is 1. The number of rotatable bonds is 3. The zero-order valence-corrected chi connectivity index (χ0v) is 10.8. The molecular formula is C15H19N3O. The summed E-state index contributed by atoms with van der Waals surface area (Å²) in [5, 5.41) is 14.3. The lowest BCUT2D eigenvalue weighted by molar-refractivity contribution is 0.138. The molecule has 100 valence electrons. The zero-order chi connectivity index (χ0) is 13.2. The van der Waals surface area contributed by atoms with E-state index in [4.69, 9.17) is 5.73 Å². The maximum atomic E-state index is 9.85. The Morgan fingerprint density at radius 3 is 3.00 bits per heavy atom. The number of aromatic nitrogens is 1. The number of anilines is 2. The minimum Gasteiger partial charge on any atom is -0.397 e. The van der Waals surface area contributed by atoms with E-state index >= 15 is 0 Å². The number of aliphatic hydroxyl groups excluding tert-OH is 1. The van der Waals surface area contributed by atoms with Crippen molar-refractivity contribution in [2.24, 2.45) is 5.92 Å². The summed E-state index contributed by atoms with van der Waals surface area (Å²) in [6, 6.07) is 7.78. The molecule has 19 heavy (non-hydrogen) atoms. The van der Waals surface area contributed by atoms with Crippen LogP contribution in [-0.2, 0) is 0 Å². The smallest absolute Gasteiger partial charge is 0.0951 e. The van der Waals surface area contributed by atoms with Crippen LogP contribution < -0.4 is 11.1 Å². The van der Waals surface area contributed by atoms with Crippen molar-refractivity contribution in [1.82, 2.24) is 4.98 Å². The predicted octanol–water partition coefficient (Wildman–Crippen LogP) is 2.39. The lowest BCUT2D eigenvalue weighted by atomic mass is 10.1. The normalized spacial score (nSPS) is 22.8. The first-order valence-corrected chi connectivity index (χ1v) is 6.81. The quantitative estimate of drug-likeness (QED) is 0.738. The third-order valence-electron chi connectivity index (χ3n) is 3.98. The van der Waals surface area contributed by atoms with E-state index in [0.717, 1.165) is 42.4 Å². The summed E-state index contributed by atoms with van der Waals surface area (Å²) in [6.45, 7) is 0.801. The number of para-hydroxylation sites is 1. The highest BCUT2D eigenvalue weighted by Gasteiger charge is 2.24. The average molecular weight is 257 g/mol. The summed E-state index contributed by atoms with van der Waals surface area (Å²) in [5.41, 5.74) is 8.50. The molecule has 4 N–H and O–H groups in total. The maximum absolute atomic E-state index is 9.85. The lowest BCUT2D eigenvalue weighted by Gasteiger charge is -2.17. The minimum atomic E-state index is -0.161. The molecule has 1 fully saturated rings. The van der Waals surface area contributed by atoms with E-state index in [1.54, 1.807) is 6.20 Å². The molecule has 1 aliphatic carbocycles. The first-order chi connectivity index (χ1) is 9.25. The van der Waals surface area contributed by atoms with Crippen molar-refractivity contribution in [3.8, 4) is 0 Å². The molecule has 1 aromatic heterocycles. The molecule has 2 aromatic rings. The van der Waals surface area contributed by atoms with Crippen molar-refractivity contribution in [2.75, 3.05) is 17.6 Å². The van der Waals surface area contributed by atoms with Crippen molar-refractivity contribution in [1.29, 1.82) is 0 Å². The number of aliphatic hydroxyl groups is 1. The number of nitrogens with one attached hydrogen (secondary N) is 1. The molecule has 1 aromatic carbocycles. The molecule has 1 aliphatic rings. The third-order valence-corrected chi connectivity index (χ3v) is 3.98. The number of hydrogen-bond acceptors (Lipinski definition) is 4. The highest BCUT2D eigenvalue weighted by atomic mass is 16.3. The number of pyridine rings is 1. The van der Waals surface area contributed by atoms with E-state index in [-0.39, 0.29) is 6.10 Å². The molecule has 0 aliphatic heterocycles. The Balaban J connectivity index is 1.83. The van der Waals surface area contributed by atoms with Crippen LogP contribution in [0.15, 0.2) is 30.5 Å². The van der Waals surface area contributed by atoms with Crippen LogP contribution in [0.1, 0.15) is 19.3 Å². The second-order valence-electron chi connectivity index (χ2n) is 5.24. The molecule has 2 atom stereocenters. The van der Waals surface area contributed by atoms with Crippen molar-refractivity contribution in [3.63, 3.8) is 0 Å². The molecule has 0 saturated heterocycles. The standard InChI is InChI=1S/C15H19N3O/c16-12-5-2-4-11-13(7-8-17-15(11)12)18-9-10-3-1-6-14(10)19/h2,4-5,7-8,10,14,19H,1,3,6,9,16H2,(H,17,18). The number of fused-ring (bicyclic) bond motifs is 1. The molecular weight excluding hydrogens is 238 g/mol. The molecule has 0 radical (unpaired) electrons. The van der Waals surface area contributed by atoms with E-state index < -0.39 is 0 Å². The van der Waals surface area contributed by atoms with Crippen LogP contribution in [0.5, 0.6) is 0 Å².